The van der Waals surface area contributed by atoms with Gasteiger partial charge in [0, 0.05) is 9.35 Å². The second-order valence-corrected chi connectivity index (χ2v) is 12.0. The molecule has 0 fully saturated rings. The summed E-state index contributed by atoms with van der Waals surface area (Å²) in [7, 11) is 1.49. The maximum absolute atomic E-state index is 12.8. The number of ether oxygens (including phenoxy) is 1. The average molecular weight is 603 g/mol. The first-order valence-electron chi connectivity index (χ1n) is 10.0. The predicted octanol–water partition coefficient (Wildman–Crippen LogP) is 5.66. The summed E-state index contributed by atoms with van der Waals surface area (Å²) < 4.78 is 6.69. The van der Waals surface area contributed by atoms with Gasteiger partial charge in [0.1, 0.15) is 10.8 Å². The van der Waals surface area contributed by atoms with Crippen molar-refractivity contribution >= 4 is 77.3 Å². The van der Waals surface area contributed by atoms with Crippen LogP contribution in [0.2, 0.25) is 0 Å². The Morgan fingerprint density at radius 1 is 1.28 bits per heavy atom. The first kappa shape index (κ1) is 25.1. The number of hydrogen-bond acceptors (Lipinski definition) is 5. The second kappa shape index (κ2) is 9.79. The van der Waals surface area contributed by atoms with Crippen LogP contribution >= 0.6 is 55.4 Å². The van der Waals surface area contributed by atoms with E-state index in [9.17, 15) is 9.59 Å². The summed E-state index contributed by atoms with van der Waals surface area (Å²) in [5.74, 6) is -0.00975. The first-order valence-corrected chi connectivity index (χ1v) is 12.8. The zero-order valence-corrected chi connectivity index (χ0v) is 23.0. The second-order valence-electron chi connectivity index (χ2n) is 8.75. The topological polar surface area (TPSA) is 93.4 Å². The van der Waals surface area contributed by atoms with Crippen molar-refractivity contribution < 1.29 is 14.3 Å². The number of halogens is 2. The lowest BCUT2D eigenvalue weighted by atomic mass is 9.72. The molecule has 0 spiro atoms. The molecule has 1 unspecified atom stereocenters. The number of anilines is 1. The van der Waals surface area contributed by atoms with Gasteiger partial charge in [-0.3, -0.25) is 14.9 Å². The average Bonchev–Trinajstić information content (AvgIpc) is 3.03. The summed E-state index contributed by atoms with van der Waals surface area (Å²) >= 11 is 13.6. The van der Waals surface area contributed by atoms with Crippen molar-refractivity contribution in [1.82, 2.24) is 5.32 Å². The van der Waals surface area contributed by atoms with Crippen LogP contribution in [0.1, 0.15) is 58.3 Å². The van der Waals surface area contributed by atoms with Crippen LogP contribution in [0.5, 0.6) is 5.75 Å². The third-order valence-corrected chi connectivity index (χ3v) is 8.07. The lowest BCUT2D eigenvalue weighted by molar-refractivity contribution is 0.0972. The van der Waals surface area contributed by atoms with Crippen LogP contribution in [0, 0.1) is 11.3 Å². The zero-order valence-electron chi connectivity index (χ0n) is 18.2. The number of fused-ring (bicyclic) bond motifs is 1. The highest BCUT2D eigenvalue weighted by molar-refractivity contribution is 9.11. The summed E-state index contributed by atoms with van der Waals surface area (Å²) in [4.78, 5) is 26.2. The molecule has 1 aliphatic rings. The molecule has 1 heterocycles. The minimum Gasteiger partial charge on any atom is -0.495 e. The van der Waals surface area contributed by atoms with Gasteiger partial charge >= 0.3 is 0 Å². The fourth-order valence-corrected chi connectivity index (χ4v) is 6.90. The van der Waals surface area contributed by atoms with Gasteiger partial charge in [0.05, 0.1) is 22.7 Å². The minimum atomic E-state index is -0.495. The van der Waals surface area contributed by atoms with E-state index in [1.54, 1.807) is 12.1 Å². The number of methoxy groups -OCH3 is 1. The molecule has 3 rings (SSSR count). The van der Waals surface area contributed by atoms with Crippen molar-refractivity contribution in [2.24, 2.45) is 17.1 Å². The highest BCUT2D eigenvalue weighted by Gasteiger charge is 2.33. The molecule has 0 saturated carbocycles. The van der Waals surface area contributed by atoms with E-state index in [4.69, 9.17) is 22.7 Å². The molecule has 1 aromatic carbocycles. The quantitative estimate of drug-likeness (QED) is 0.393. The van der Waals surface area contributed by atoms with Gasteiger partial charge in [-0.05, 0) is 76.4 Å². The number of thiophene rings is 1. The van der Waals surface area contributed by atoms with Crippen LogP contribution in [0.4, 0.5) is 5.00 Å². The molecule has 32 heavy (non-hydrogen) atoms. The van der Waals surface area contributed by atoms with E-state index in [-0.39, 0.29) is 10.5 Å². The molecule has 2 aromatic rings. The Kier molecular flexibility index (Phi) is 7.69. The van der Waals surface area contributed by atoms with E-state index >= 15 is 0 Å². The van der Waals surface area contributed by atoms with Gasteiger partial charge in [-0.15, -0.1) is 11.3 Å². The zero-order chi connectivity index (χ0) is 23.8. The predicted molar refractivity (Wildman–Crippen MR) is 140 cm³/mol. The van der Waals surface area contributed by atoms with E-state index < -0.39 is 11.8 Å². The van der Waals surface area contributed by atoms with Crippen LogP contribution in [-0.4, -0.2) is 24.0 Å². The highest BCUT2D eigenvalue weighted by Crippen LogP contribution is 2.44. The van der Waals surface area contributed by atoms with E-state index in [0.717, 1.165) is 29.7 Å². The number of carbonyl (C=O) groups is 2. The summed E-state index contributed by atoms with van der Waals surface area (Å²) in [6.45, 7) is 6.72. The number of carbonyl (C=O) groups excluding carboxylic acids is 2. The van der Waals surface area contributed by atoms with Gasteiger partial charge in [-0.2, -0.15) is 0 Å². The van der Waals surface area contributed by atoms with Gasteiger partial charge in [-0.25, -0.2) is 0 Å². The van der Waals surface area contributed by atoms with Gasteiger partial charge in [0.15, 0.2) is 5.11 Å². The standard InChI is InChI=1S/C22H25Br2N3O3S2/c1-22(2,3)10-5-6-12-15(7-10)32-20(16(12)18(25)28)27-21(31)26-19(29)13-8-11(23)9-14(24)17(13)30-4/h8-10H,5-7H2,1-4H3,(H2,25,28)(H2,26,27,29,31). The van der Waals surface area contributed by atoms with E-state index in [2.05, 4.69) is 63.3 Å². The fraction of sp³-hybridized carbons (Fsp3) is 0.409. The molecule has 0 bridgehead atoms. The smallest absolute Gasteiger partial charge is 0.261 e. The van der Waals surface area contributed by atoms with Gasteiger partial charge in [0.2, 0.25) is 0 Å². The molecular weight excluding hydrogens is 578 g/mol. The molecule has 0 aliphatic heterocycles. The van der Waals surface area contributed by atoms with Crippen molar-refractivity contribution in [3.8, 4) is 5.75 Å². The number of primary amides is 1. The molecule has 2 amide bonds. The molecule has 0 saturated heterocycles. The Hall–Kier alpha value is -1.49. The Labute approximate surface area is 213 Å². The van der Waals surface area contributed by atoms with Crippen molar-refractivity contribution in [2.45, 2.75) is 40.0 Å². The van der Waals surface area contributed by atoms with Crippen LogP contribution in [0.3, 0.4) is 0 Å². The number of nitrogens with two attached hydrogens (primary N) is 1. The fourth-order valence-electron chi connectivity index (χ4n) is 3.92. The lowest BCUT2D eigenvalue weighted by Gasteiger charge is -2.33. The summed E-state index contributed by atoms with van der Waals surface area (Å²) in [6.07, 6.45) is 2.70. The Morgan fingerprint density at radius 2 is 1.97 bits per heavy atom. The van der Waals surface area contributed by atoms with Gasteiger partial charge in [0.25, 0.3) is 11.8 Å². The number of nitrogens with one attached hydrogen (secondary N) is 2. The van der Waals surface area contributed by atoms with E-state index in [1.165, 1.54) is 18.4 Å². The van der Waals surface area contributed by atoms with Crippen LogP contribution in [0.25, 0.3) is 0 Å². The SMILES string of the molecule is COc1c(Br)cc(Br)cc1C(=O)NC(=S)Nc1sc2c(c1C(N)=O)CCC(C(C)(C)C)C2. The number of rotatable bonds is 4. The maximum atomic E-state index is 12.8. The summed E-state index contributed by atoms with van der Waals surface area (Å²) in [5, 5.41) is 6.35. The largest absolute Gasteiger partial charge is 0.495 e. The molecule has 0 radical (unpaired) electrons. The van der Waals surface area contributed by atoms with Gasteiger partial charge < -0.3 is 15.8 Å². The molecule has 6 nitrogen and oxygen atoms in total. The van der Waals surface area contributed by atoms with Crippen LogP contribution < -0.4 is 21.1 Å². The third kappa shape index (κ3) is 5.35. The van der Waals surface area contributed by atoms with E-state index in [0.29, 0.717) is 36.7 Å². The first-order chi connectivity index (χ1) is 14.9. The number of benzene rings is 1. The Morgan fingerprint density at radius 3 is 2.56 bits per heavy atom. The number of amides is 2. The summed E-state index contributed by atoms with van der Waals surface area (Å²) in [6, 6.07) is 3.43. The molecular formula is C22H25Br2N3O3S2. The lowest BCUT2D eigenvalue weighted by Crippen LogP contribution is -2.34. The van der Waals surface area contributed by atoms with E-state index in [1.807, 2.05) is 0 Å². The van der Waals surface area contributed by atoms with Crippen LogP contribution in [0.15, 0.2) is 21.1 Å². The molecule has 1 aromatic heterocycles. The van der Waals surface area contributed by atoms with Crippen molar-refractivity contribution in [3.63, 3.8) is 0 Å². The molecule has 1 aliphatic carbocycles. The highest BCUT2D eigenvalue weighted by atomic mass is 79.9. The van der Waals surface area contributed by atoms with Crippen molar-refractivity contribution in [1.29, 1.82) is 0 Å². The Balaban J connectivity index is 1.82. The molecule has 172 valence electrons. The van der Waals surface area contributed by atoms with Gasteiger partial charge in [-0.1, -0.05) is 36.7 Å². The summed E-state index contributed by atoms with van der Waals surface area (Å²) in [5.41, 5.74) is 7.67. The van der Waals surface area contributed by atoms with Crippen molar-refractivity contribution in [2.75, 3.05) is 12.4 Å². The number of thiocarbonyl (C=S) groups is 1. The molecule has 10 heteroatoms. The molecule has 1 atom stereocenters. The normalized spacial score (nSPS) is 15.6. The Bertz CT molecular complexity index is 1090. The monoisotopic (exact) mass is 601 g/mol. The maximum Gasteiger partial charge on any atom is 0.261 e. The van der Waals surface area contributed by atoms with Crippen LogP contribution in [-0.2, 0) is 12.8 Å². The van der Waals surface area contributed by atoms with Crippen molar-refractivity contribution in [3.05, 3.63) is 42.6 Å². The third-order valence-electron chi connectivity index (χ3n) is 5.65. The molecule has 4 N–H and O–H groups in total. The number of hydrogen-bond donors (Lipinski definition) is 3. The minimum absolute atomic E-state index is 0.0848.